The van der Waals surface area contributed by atoms with Crippen LogP contribution in [0.3, 0.4) is 0 Å². The van der Waals surface area contributed by atoms with Crippen molar-refractivity contribution in [3.05, 3.63) is 64.9 Å². The summed E-state index contributed by atoms with van der Waals surface area (Å²) in [6, 6.07) is 12.8. The Kier molecular flexibility index (Phi) is 6.94. The normalized spacial score (nSPS) is 19.8. The second-order valence-electron chi connectivity index (χ2n) is 9.29. The number of para-hydroxylation sites is 2. The van der Waals surface area contributed by atoms with Crippen LogP contribution in [0, 0.1) is 0 Å². The zero-order valence-corrected chi connectivity index (χ0v) is 19.7. The molecular weight excluding hydrogens is 448 g/mol. The summed E-state index contributed by atoms with van der Waals surface area (Å²) in [6.45, 7) is 0.786. The van der Waals surface area contributed by atoms with Crippen molar-refractivity contribution in [3.63, 3.8) is 0 Å². The molecule has 1 atom stereocenters. The lowest BCUT2D eigenvalue weighted by molar-refractivity contribution is -0.140. The number of nitrogens with zero attached hydrogens (tertiary/aromatic N) is 4. The summed E-state index contributed by atoms with van der Waals surface area (Å²) in [5.41, 5.74) is 1.78. The molecule has 2 fully saturated rings. The van der Waals surface area contributed by atoms with E-state index >= 15 is 0 Å². The predicted molar refractivity (Wildman–Crippen MR) is 128 cm³/mol. The minimum atomic E-state index is -0.590. The molecule has 1 aliphatic heterocycles. The third-order valence-corrected chi connectivity index (χ3v) is 6.90. The average Bonchev–Trinajstić information content (AvgIpc) is 3.09. The van der Waals surface area contributed by atoms with E-state index in [1.54, 1.807) is 30.5 Å². The molecule has 9 heteroatoms. The van der Waals surface area contributed by atoms with Crippen LogP contribution in [0.5, 0.6) is 0 Å². The molecule has 0 bridgehead atoms. The van der Waals surface area contributed by atoms with Crippen molar-refractivity contribution in [3.8, 4) is 0 Å². The summed E-state index contributed by atoms with van der Waals surface area (Å²) in [5, 5.41) is 0. The van der Waals surface area contributed by atoms with E-state index < -0.39 is 5.76 Å². The molecule has 1 saturated carbocycles. The molecule has 184 valence electrons. The van der Waals surface area contributed by atoms with Gasteiger partial charge < -0.3 is 19.0 Å². The zero-order chi connectivity index (χ0) is 24.2. The maximum atomic E-state index is 13.3. The third-order valence-electron chi connectivity index (χ3n) is 6.90. The van der Waals surface area contributed by atoms with Crippen molar-refractivity contribution >= 4 is 22.9 Å². The summed E-state index contributed by atoms with van der Waals surface area (Å²) in [7, 11) is 0. The van der Waals surface area contributed by atoms with Crippen LogP contribution in [0.1, 0.15) is 37.8 Å². The fraction of sp³-hybridized carbons (Fsp3) is 0.462. The molecule has 2 aliphatic rings. The number of aromatic nitrogens is 2. The van der Waals surface area contributed by atoms with Gasteiger partial charge in [-0.3, -0.25) is 19.1 Å². The molecule has 3 heterocycles. The van der Waals surface area contributed by atoms with Gasteiger partial charge in [0.2, 0.25) is 11.8 Å². The Labute approximate surface area is 203 Å². The monoisotopic (exact) mass is 478 g/mol. The van der Waals surface area contributed by atoms with E-state index in [1.807, 2.05) is 23.1 Å². The molecule has 5 rings (SSSR count). The molecule has 35 heavy (non-hydrogen) atoms. The second-order valence-corrected chi connectivity index (χ2v) is 9.29. The van der Waals surface area contributed by atoms with Gasteiger partial charge in [-0.15, -0.1) is 0 Å². The van der Waals surface area contributed by atoms with E-state index in [1.165, 1.54) is 15.9 Å². The highest BCUT2D eigenvalue weighted by Gasteiger charge is 2.35. The first-order chi connectivity index (χ1) is 17.1. The third kappa shape index (κ3) is 5.30. The van der Waals surface area contributed by atoms with Crippen LogP contribution in [-0.2, 0) is 27.5 Å². The number of ether oxygens (including phenoxy) is 1. The van der Waals surface area contributed by atoms with Crippen molar-refractivity contribution in [1.29, 1.82) is 0 Å². The van der Waals surface area contributed by atoms with E-state index in [9.17, 15) is 14.4 Å². The van der Waals surface area contributed by atoms with E-state index in [4.69, 9.17) is 9.15 Å². The van der Waals surface area contributed by atoms with Gasteiger partial charge in [-0.25, -0.2) is 4.79 Å². The van der Waals surface area contributed by atoms with E-state index in [0.29, 0.717) is 24.3 Å². The molecule has 9 nitrogen and oxygen atoms in total. The van der Waals surface area contributed by atoms with Gasteiger partial charge in [0.05, 0.1) is 30.5 Å². The Bertz CT molecular complexity index is 1230. The Morgan fingerprint density at radius 3 is 2.63 bits per heavy atom. The van der Waals surface area contributed by atoms with Crippen LogP contribution in [0.15, 0.2) is 57.9 Å². The van der Waals surface area contributed by atoms with Crippen molar-refractivity contribution in [2.75, 3.05) is 19.6 Å². The average molecular weight is 479 g/mol. The highest BCUT2D eigenvalue weighted by atomic mass is 16.5. The molecule has 1 aromatic carbocycles. The first-order valence-corrected chi connectivity index (χ1v) is 12.3. The van der Waals surface area contributed by atoms with Crippen molar-refractivity contribution in [2.24, 2.45) is 0 Å². The molecule has 1 aliphatic carbocycles. The summed E-state index contributed by atoms with van der Waals surface area (Å²) < 4.78 is 12.8. The molecule has 0 N–H and O–H groups in total. The zero-order valence-electron chi connectivity index (χ0n) is 19.7. The van der Waals surface area contributed by atoms with Gasteiger partial charge in [0.1, 0.15) is 6.54 Å². The number of carbonyl (C=O) groups excluding carboxylic acids is 2. The van der Waals surface area contributed by atoms with E-state index in [2.05, 4.69) is 4.98 Å². The Hall–Kier alpha value is -3.46. The standard InChI is InChI=1S/C26H30N4O5/c31-24(17-30-22-11-4-5-12-23(22)35-26(30)33)28-14-21(34-18-19-8-6-7-13-27-19)15-29(25(32)16-28)20-9-2-1-3-10-20/h4-8,11-13,20-21H,1-3,9-10,14-18H2/t21-/m0/s1. The first-order valence-electron chi connectivity index (χ1n) is 12.3. The minimum Gasteiger partial charge on any atom is -0.408 e. The molecule has 0 radical (unpaired) electrons. The fourth-order valence-electron chi connectivity index (χ4n) is 5.07. The number of benzene rings is 1. The smallest absolute Gasteiger partial charge is 0.408 e. The molecule has 2 amide bonds. The molecule has 2 aromatic heterocycles. The van der Waals surface area contributed by atoms with Crippen LogP contribution in [0.2, 0.25) is 0 Å². The number of carbonyl (C=O) groups is 2. The van der Waals surface area contributed by atoms with E-state index in [0.717, 1.165) is 31.4 Å². The number of pyridine rings is 1. The summed E-state index contributed by atoms with van der Waals surface area (Å²) in [5.74, 6) is -0.977. The lowest BCUT2D eigenvalue weighted by Gasteiger charge is -2.34. The van der Waals surface area contributed by atoms with Gasteiger partial charge in [0, 0.05) is 25.3 Å². The molecule has 1 saturated heterocycles. The SMILES string of the molecule is O=C(Cn1c(=O)oc2ccccc21)N1CC(=O)N(C2CCCCC2)C[C@@H](OCc2ccccn2)C1. The summed E-state index contributed by atoms with van der Waals surface area (Å²) in [4.78, 5) is 46.8. The van der Waals surface area contributed by atoms with Crippen molar-refractivity contribution in [1.82, 2.24) is 19.4 Å². The van der Waals surface area contributed by atoms with E-state index in [-0.39, 0.29) is 43.6 Å². The van der Waals surface area contributed by atoms with Gasteiger partial charge >= 0.3 is 5.76 Å². The number of amides is 2. The van der Waals surface area contributed by atoms with Crippen LogP contribution in [0.4, 0.5) is 0 Å². The Morgan fingerprint density at radius 2 is 1.83 bits per heavy atom. The van der Waals surface area contributed by atoms with Gasteiger partial charge in [-0.1, -0.05) is 37.5 Å². The van der Waals surface area contributed by atoms with Crippen molar-refractivity contribution < 1.29 is 18.7 Å². The number of rotatable bonds is 6. The Morgan fingerprint density at radius 1 is 1.03 bits per heavy atom. The lowest BCUT2D eigenvalue weighted by atomic mass is 9.94. The number of fused-ring (bicyclic) bond motifs is 1. The number of hydrogen-bond donors (Lipinski definition) is 0. The predicted octanol–water partition coefficient (Wildman–Crippen LogP) is 2.58. The molecule has 0 unspecified atom stereocenters. The Balaban J connectivity index is 1.35. The number of hydrogen-bond acceptors (Lipinski definition) is 6. The summed E-state index contributed by atoms with van der Waals surface area (Å²) in [6.07, 6.45) is 6.71. The maximum absolute atomic E-state index is 13.3. The lowest BCUT2D eigenvalue weighted by Crippen LogP contribution is -2.46. The topological polar surface area (TPSA) is 97.9 Å². The molecule has 0 spiro atoms. The van der Waals surface area contributed by atoms with Gasteiger partial charge in [0.25, 0.3) is 0 Å². The molecular formula is C26H30N4O5. The fourth-order valence-corrected chi connectivity index (χ4v) is 5.07. The quantitative estimate of drug-likeness (QED) is 0.540. The van der Waals surface area contributed by atoms with Crippen LogP contribution < -0.4 is 5.76 Å². The van der Waals surface area contributed by atoms with Crippen LogP contribution in [-0.4, -0.2) is 62.9 Å². The minimum absolute atomic E-state index is 0.0245. The van der Waals surface area contributed by atoms with Crippen LogP contribution >= 0.6 is 0 Å². The largest absolute Gasteiger partial charge is 0.420 e. The maximum Gasteiger partial charge on any atom is 0.420 e. The summed E-state index contributed by atoms with van der Waals surface area (Å²) >= 11 is 0. The van der Waals surface area contributed by atoms with Crippen LogP contribution in [0.25, 0.3) is 11.1 Å². The highest BCUT2D eigenvalue weighted by Crippen LogP contribution is 2.25. The van der Waals surface area contributed by atoms with Gasteiger partial charge in [0.15, 0.2) is 5.58 Å². The number of oxazole rings is 1. The van der Waals surface area contributed by atoms with Crippen molar-refractivity contribution in [2.45, 2.75) is 57.4 Å². The first kappa shape index (κ1) is 23.3. The second kappa shape index (κ2) is 10.4. The van der Waals surface area contributed by atoms with Gasteiger partial charge in [-0.05, 0) is 37.1 Å². The molecule has 3 aromatic rings. The highest BCUT2D eigenvalue weighted by molar-refractivity contribution is 5.86. The van der Waals surface area contributed by atoms with Gasteiger partial charge in [-0.2, -0.15) is 0 Å².